The van der Waals surface area contributed by atoms with Crippen molar-refractivity contribution in [2.75, 3.05) is 19.0 Å². The molecule has 100 valence electrons. The van der Waals surface area contributed by atoms with Gasteiger partial charge in [-0.25, -0.2) is 0 Å². The average molecular weight is 286 g/mol. The fourth-order valence-corrected chi connectivity index (χ4v) is 4.59. The molecule has 0 spiro atoms. The molecule has 0 radical (unpaired) electrons. The minimum Gasteiger partial charge on any atom is -0.305 e. The van der Waals surface area contributed by atoms with Crippen LogP contribution in [0.3, 0.4) is 0 Å². The van der Waals surface area contributed by atoms with Gasteiger partial charge in [0.15, 0.2) is 0 Å². The summed E-state index contributed by atoms with van der Waals surface area (Å²) in [6.45, 7) is 2.94. The van der Waals surface area contributed by atoms with Gasteiger partial charge in [0, 0.05) is 5.75 Å². The van der Waals surface area contributed by atoms with E-state index in [4.69, 9.17) is 9.05 Å². The molecule has 1 aliphatic rings. The van der Waals surface area contributed by atoms with Crippen LogP contribution >= 0.6 is 19.4 Å². The second-order valence-electron chi connectivity index (χ2n) is 3.45. The zero-order valence-electron chi connectivity index (χ0n) is 9.90. The molecule has 0 saturated heterocycles. The lowest BCUT2D eigenvalue weighted by Crippen LogP contribution is -2.33. The van der Waals surface area contributed by atoms with E-state index in [0.29, 0.717) is 5.75 Å². The summed E-state index contributed by atoms with van der Waals surface area (Å²) >= 11 is 1.08. The molecule has 1 rings (SSSR count). The second kappa shape index (κ2) is 6.32. The predicted octanol–water partition coefficient (Wildman–Crippen LogP) is 3.91. The molecular weight excluding hydrogens is 269 g/mol. The van der Waals surface area contributed by atoms with Gasteiger partial charge in [-0.2, -0.15) is 8.78 Å². The highest BCUT2D eigenvalue weighted by atomic mass is 32.2. The van der Waals surface area contributed by atoms with Gasteiger partial charge in [0.1, 0.15) is 0 Å². The van der Waals surface area contributed by atoms with E-state index in [1.54, 1.807) is 6.08 Å². The lowest BCUT2D eigenvalue weighted by molar-refractivity contribution is 0.0374. The Morgan fingerprint density at radius 3 is 2.35 bits per heavy atom. The fourth-order valence-electron chi connectivity index (χ4n) is 1.50. The second-order valence-corrected chi connectivity index (χ2v) is 6.79. The van der Waals surface area contributed by atoms with Gasteiger partial charge >= 0.3 is 13.3 Å². The zero-order chi connectivity index (χ0) is 12.9. The van der Waals surface area contributed by atoms with Gasteiger partial charge in [-0.1, -0.05) is 12.2 Å². The number of allylic oxidation sites excluding steroid dienone is 1. The third-order valence-corrected chi connectivity index (χ3v) is 5.95. The van der Waals surface area contributed by atoms with Crippen LogP contribution in [0.15, 0.2) is 12.2 Å². The number of rotatable bonds is 6. The molecule has 0 saturated carbocycles. The summed E-state index contributed by atoms with van der Waals surface area (Å²) in [7, 11) is -4.38. The summed E-state index contributed by atoms with van der Waals surface area (Å²) in [5.74, 6) is 0.499. The van der Waals surface area contributed by atoms with Crippen molar-refractivity contribution in [3.63, 3.8) is 0 Å². The molecule has 7 heteroatoms. The van der Waals surface area contributed by atoms with Crippen molar-refractivity contribution in [3.05, 3.63) is 12.2 Å². The van der Waals surface area contributed by atoms with Crippen molar-refractivity contribution < 1.29 is 22.4 Å². The van der Waals surface area contributed by atoms with Crippen molar-refractivity contribution in [2.24, 2.45) is 0 Å². The van der Waals surface area contributed by atoms with Crippen LogP contribution in [0.2, 0.25) is 0 Å². The molecular formula is C10H17F2O3PS. The zero-order valence-corrected chi connectivity index (χ0v) is 11.6. The topological polar surface area (TPSA) is 35.5 Å². The fraction of sp³-hybridized carbons (Fsp3) is 0.800. The summed E-state index contributed by atoms with van der Waals surface area (Å²) in [5.41, 5.74) is -3.45. The standard InChI is InChI=1S/C10H17F2O3PS/c1-3-14-16(13,15-4-2)10(11,12)9-7-5-6-8-17-9/h5-6,9H,3-4,7-8H2,1-2H3. The largest absolute Gasteiger partial charge is 0.400 e. The van der Waals surface area contributed by atoms with Gasteiger partial charge in [0.05, 0.1) is 18.5 Å². The highest BCUT2D eigenvalue weighted by Gasteiger charge is 2.58. The number of alkyl halides is 2. The Kier molecular flexibility index (Phi) is 5.64. The highest BCUT2D eigenvalue weighted by Crippen LogP contribution is 2.65. The first-order valence-corrected chi connectivity index (χ1v) is 8.10. The van der Waals surface area contributed by atoms with Gasteiger partial charge in [0.25, 0.3) is 0 Å². The summed E-state index contributed by atoms with van der Waals surface area (Å²) in [5, 5.41) is -1.04. The number of halogens is 2. The average Bonchev–Trinajstić information content (AvgIpc) is 2.30. The van der Waals surface area contributed by atoms with E-state index < -0.39 is 18.5 Å². The van der Waals surface area contributed by atoms with Gasteiger partial charge in [-0.15, -0.1) is 11.8 Å². The van der Waals surface area contributed by atoms with E-state index in [-0.39, 0.29) is 19.6 Å². The quantitative estimate of drug-likeness (QED) is 0.548. The van der Waals surface area contributed by atoms with Crippen LogP contribution in [-0.2, 0) is 13.6 Å². The summed E-state index contributed by atoms with van der Waals surface area (Å²) in [6.07, 6.45) is 3.68. The van der Waals surface area contributed by atoms with Crippen molar-refractivity contribution in [2.45, 2.75) is 31.2 Å². The first-order chi connectivity index (χ1) is 7.98. The van der Waals surface area contributed by atoms with E-state index in [1.165, 1.54) is 13.8 Å². The SMILES string of the molecule is CCOP(=O)(OCC)C(F)(F)C1CC=CCS1. The lowest BCUT2D eigenvalue weighted by Gasteiger charge is -2.32. The normalized spacial score (nSPS) is 21.8. The monoisotopic (exact) mass is 286 g/mol. The van der Waals surface area contributed by atoms with Crippen LogP contribution < -0.4 is 0 Å². The molecule has 1 unspecified atom stereocenters. The molecule has 0 N–H and O–H groups in total. The van der Waals surface area contributed by atoms with Crippen LogP contribution in [0.5, 0.6) is 0 Å². The number of hydrogen-bond donors (Lipinski definition) is 0. The molecule has 1 aliphatic heterocycles. The van der Waals surface area contributed by atoms with Crippen molar-refractivity contribution >= 4 is 19.4 Å². The first-order valence-electron chi connectivity index (χ1n) is 5.51. The Morgan fingerprint density at radius 2 is 1.94 bits per heavy atom. The van der Waals surface area contributed by atoms with Crippen LogP contribution in [0.1, 0.15) is 20.3 Å². The minimum atomic E-state index is -4.38. The van der Waals surface area contributed by atoms with Crippen LogP contribution in [0, 0.1) is 0 Å². The number of hydrogen-bond acceptors (Lipinski definition) is 4. The maximum atomic E-state index is 14.2. The first kappa shape index (κ1) is 15.2. The summed E-state index contributed by atoms with van der Waals surface area (Å²) in [4.78, 5) is 0. The van der Waals surface area contributed by atoms with Crippen LogP contribution in [-0.4, -0.2) is 29.9 Å². The molecule has 0 fully saturated rings. The molecule has 17 heavy (non-hydrogen) atoms. The van der Waals surface area contributed by atoms with Crippen LogP contribution in [0.4, 0.5) is 8.78 Å². The maximum Gasteiger partial charge on any atom is 0.400 e. The van der Waals surface area contributed by atoms with Gasteiger partial charge in [-0.3, -0.25) is 4.57 Å². The van der Waals surface area contributed by atoms with E-state index in [0.717, 1.165) is 11.8 Å². The molecule has 3 nitrogen and oxygen atoms in total. The van der Waals surface area contributed by atoms with Crippen molar-refractivity contribution in [1.29, 1.82) is 0 Å². The Balaban J connectivity index is 2.90. The predicted molar refractivity (Wildman–Crippen MR) is 65.8 cm³/mol. The summed E-state index contributed by atoms with van der Waals surface area (Å²) < 4.78 is 49.9. The van der Waals surface area contributed by atoms with E-state index >= 15 is 0 Å². The molecule has 1 atom stereocenters. The van der Waals surface area contributed by atoms with E-state index in [1.807, 2.05) is 6.08 Å². The number of thioether (sulfide) groups is 1. The molecule has 0 aliphatic carbocycles. The van der Waals surface area contributed by atoms with Gasteiger partial charge in [-0.05, 0) is 20.3 Å². The third kappa shape index (κ3) is 3.31. The van der Waals surface area contributed by atoms with Crippen molar-refractivity contribution in [1.82, 2.24) is 0 Å². The molecule has 0 amide bonds. The van der Waals surface area contributed by atoms with Gasteiger partial charge in [0.2, 0.25) is 0 Å². The third-order valence-electron chi connectivity index (χ3n) is 2.26. The minimum absolute atomic E-state index is 0.0555. The molecule has 0 aromatic rings. The van der Waals surface area contributed by atoms with Crippen LogP contribution in [0.25, 0.3) is 0 Å². The molecule has 0 bridgehead atoms. The van der Waals surface area contributed by atoms with E-state index in [9.17, 15) is 13.3 Å². The lowest BCUT2D eigenvalue weighted by atomic mass is 10.3. The Labute approximate surface area is 104 Å². The smallest absolute Gasteiger partial charge is 0.305 e. The summed E-state index contributed by atoms with van der Waals surface area (Å²) in [6, 6.07) is 0. The Bertz CT molecular complexity index is 313. The molecule has 1 heterocycles. The van der Waals surface area contributed by atoms with E-state index in [2.05, 4.69) is 0 Å². The molecule has 0 aromatic carbocycles. The molecule has 0 aromatic heterocycles. The highest BCUT2D eigenvalue weighted by molar-refractivity contribution is 8.00. The van der Waals surface area contributed by atoms with Crippen molar-refractivity contribution in [3.8, 4) is 0 Å². The Morgan fingerprint density at radius 1 is 1.35 bits per heavy atom. The Hall–Kier alpha value is 0.100. The maximum absolute atomic E-state index is 14.2. The van der Waals surface area contributed by atoms with Gasteiger partial charge < -0.3 is 9.05 Å².